The van der Waals surface area contributed by atoms with E-state index in [9.17, 15) is 9.59 Å². The van der Waals surface area contributed by atoms with Crippen molar-refractivity contribution in [2.75, 3.05) is 11.1 Å². The van der Waals surface area contributed by atoms with Gasteiger partial charge in [0.2, 0.25) is 0 Å². The number of carboxylic acids is 1. The van der Waals surface area contributed by atoms with Crippen molar-refractivity contribution in [3.05, 3.63) is 128 Å². The van der Waals surface area contributed by atoms with Gasteiger partial charge >= 0.3 is 5.97 Å². The van der Waals surface area contributed by atoms with Crippen LogP contribution in [0.4, 0.5) is 11.4 Å². The number of aromatic carboxylic acids is 1. The molecule has 0 aliphatic carbocycles. The van der Waals surface area contributed by atoms with Crippen molar-refractivity contribution in [3.63, 3.8) is 0 Å². The third-order valence-corrected chi connectivity index (χ3v) is 5.96. The Morgan fingerprint density at radius 1 is 0.744 bits per heavy atom. The van der Waals surface area contributed by atoms with Gasteiger partial charge in [-0.1, -0.05) is 56.1 Å². The second-order valence-corrected chi connectivity index (χ2v) is 9.72. The van der Waals surface area contributed by atoms with E-state index < -0.39 is 5.97 Å². The van der Waals surface area contributed by atoms with Gasteiger partial charge in [0.1, 0.15) is 0 Å². The van der Waals surface area contributed by atoms with Crippen LogP contribution in [0.2, 0.25) is 0 Å². The summed E-state index contributed by atoms with van der Waals surface area (Å²) in [5.74, 6) is -1.14. The topological polar surface area (TPSA) is 140 Å². The molecule has 4 aromatic rings. The molecule has 4 aromatic carbocycles. The summed E-state index contributed by atoms with van der Waals surface area (Å²) in [4.78, 5) is 22.5. The molecule has 0 unspecified atom stereocenters. The normalized spacial score (nSPS) is 9.33. The first-order valence-electron chi connectivity index (χ1n) is 11.4. The van der Waals surface area contributed by atoms with Crippen molar-refractivity contribution < 1.29 is 14.7 Å². The Kier molecular flexibility index (Phi) is 13.0. The number of carbonyl (C=O) groups excluding carboxylic acids is 1. The number of nitrogen functional groups attached to an aromatic ring is 1. The van der Waals surface area contributed by atoms with Gasteiger partial charge in [-0.05, 0) is 83.9 Å². The molecule has 0 saturated heterocycles. The largest absolute Gasteiger partial charge is 0.478 e. The fourth-order valence-corrected chi connectivity index (χ4v) is 3.55. The lowest BCUT2D eigenvalue weighted by Gasteiger charge is -2.06. The zero-order chi connectivity index (χ0) is 28.6. The first kappa shape index (κ1) is 30.8. The maximum Gasteiger partial charge on any atom is 0.335 e. The SMILES string of the molecule is N#CCc1cccc(C(=O)Nc2ccc(Br)cc2)c1.N#CCc1cccc(C(=O)O)c1.Nc1ccc(Br)cc1. The van der Waals surface area contributed by atoms with Gasteiger partial charge in [-0.3, -0.25) is 4.79 Å². The average Bonchev–Trinajstić information content (AvgIpc) is 2.93. The third-order valence-electron chi connectivity index (χ3n) is 4.90. The van der Waals surface area contributed by atoms with Crippen molar-refractivity contribution in [3.8, 4) is 12.1 Å². The van der Waals surface area contributed by atoms with E-state index in [1.54, 1.807) is 30.3 Å². The number of nitrogens with one attached hydrogen (secondary N) is 1. The molecule has 0 bridgehead atoms. The quantitative estimate of drug-likeness (QED) is 0.195. The van der Waals surface area contributed by atoms with Crippen LogP contribution in [0.1, 0.15) is 31.8 Å². The monoisotopic (exact) mass is 646 g/mol. The molecule has 0 aliphatic rings. The minimum atomic E-state index is -0.963. The van der Waals surface area contributed by atoms with Crippen LogP contribution >= 0.6 is 31.9 Å². The van der Waals surface area contributed by atoms with Crippen LogP contribution in [0.15, 0.2) is 106 Å². The van der Waals surface area contributed by atoms with E-state index in [4.69, 9.17) is 21.4 Å². The molecule has 0 saturated carbocycles. The molecule has 4 rings (SSSR count). The molecular weight excluding hydrogens is 624 g/mol. The van der Waals surface area contributed by atoms with E-state index in [1.807, 2.05) is 60.7 Å². The summed E-state index contributed by atoms with van der Waals surface area (Å²) >= 11 is 6.63. The number of benzene rings is 4. The van der Waals surface area contributed by atoms with E-state index in [0.29, 0.717) is 12.0 Å². The van der Waals surface area contributed by atoms with Crippen molar-refractivity contribution >= 4 is 55.1 Å². The Balaban J connectivity index is 0.000000227. The number of nitriles is 2. The fourth-order valence-electron chi connectivity index (χ4n) is 3.02. The van der Waals surface area contributed by atoms with Crippen LogP contribution in [0.25, 0.3) is 0 Å². The van der Waals surface area contributed by atoms with Gasteiger partial charge in [0.15, 0.2) is 0 Å². The number of carbonyl (C=O) groups is 2. The molecule has 0 fully saturated rings. The Morgan fingerprint density at radius 3 is 1.67 bits per heavy atom. The average molecular weight is 648 g/mol. The van der Waals surface area contributed by atoms with Crippen molar-refractivity contribution in [2.24, 2.45) is 0 Å². The number of carboxylic acid groups (broad SMARTS) is 1. The molecule has 196 valence electrons. The molecule has 0 spiro atoms. The Labute approximate surface area is 243 Å². The van der Waals surface area contributed by atoms with Crippen LogP contribution in [0.3, 0.4) is 0 Å². The van der Waals surface area contributed by atoms with Gasteiger partial charge < -0.3 is 16.2 Å². The van der Waals surface area contributed by atoms with Crippen LogP contribution in [0.5, 0.6) is 0 Å². The van der Waals surface area contributed by atoms with Crippen molar-refractivity contribution in [2.45, 2.75) is 12.8 Å². The maximum atomic E-state index is 12.0. The molecule has 4 N–H and O–H groups in total. The molecule has 1 amide bonds. The summed E-state index contributed by atoms with van der Waals surface area (Å²) in [5, 5.41) is 28.4. The molecule has 0 radical (unpaired) electrons. The third kappa shape index (κ3) is 11.7. The minimum absolute atomic E-state index is 0.179. The number of amides is 1. The van der Waals surface area contributed by atoms with Crippen LogP contribution in [0, 0.1) is 22.7 Å². The van der Waals surface area contributed by atoms with Crippen LogP contribution in [-0.4, -0.2) is 17.0 Å². The number of hydrogen-bond donors (Lipinski definition) is 3. The molecule has 39 heavy (non-hydrogen) atoms. The number of rotatable bonds is 5. The van der Waals surface area contributed by atoms with Crippen molar-refractivity contribution in [1.29, 1.82) is 10.5 Å². The Morgan fingerprint density at radius 2 is 1.21 bits per heavy atom. The van der Waals surface area contributed by atoms with E-state index in [1.165, 1.54) is 12.1 Å². The number of anilines is 2. The Bertz CT molecular complexity index is 1460. The highest BCUT2D eigenvalue weighted by atomic mass is 79.9. The number of halogens is 2. The number of nitrogens with two attached hydrogens (primary N) is 1. The molecule has 0 aromatic heterocycles. The molecule has 0 aliphatic heterocycles. The predicted molar refractivity (Wildman–Crippen MR) is 159 cm³/mol. The van der Waals surface area contributed by atoms with Gasteiger partial charge in [0.25, 0.3) is 5.91 Å². The smallest absolute Gasteiger partial charge is 0.335 e. The van der Waals surface area contributed by atoms with Gasteiger partial charge in [-0.2, -0.15) is 10.5 Å². The van der Waals surface area contributed by atoms with Crippen LogP contribution < -0.4 is 11.1 Å². The zero-order valence-corrected chi connectivity index (χ0v) is 23.8. The van der Waals surface area contributed by atoms with E-state index in [-0.39, 0.29) is 17.9 Å². The molecule has 0 atom stereocenters. The van der Waals surface area contributed by atoms with Crippen LogP contribution in [-0.2, 0) is 12.8 Å². The van der Waals surface area contributed by atoms with E-state index in [0.717, 1.165) is 31.4 Å². The van der Waals surface area contributed by atoms with Gasteiger partial charge in [-0.15, -0.1) is 0 Å². The van der Waals surface area contributed by atoms with E-state index >= 15 is 0 Å². The maximum absolute atomic E-state index is 12.0. The first-order valence-corrected chi connectivity index (χ1v) is 13.0. The molecule has 9 heteroatoms. The molecular formula is C30H24Br2N4O3. The standard InChI is InChI=1S/C15H11BrN2O.C9H7NO2.C6H6BrN/c16-13-4-6-14(7-5-13)18-15(19)12-3-1-2-11(10-12)8-9-17;10-5-4-7-2-1-3-8(6-7)9(11)12;7-5-1-3-6(8)4-2-5/h1-7,10H,8H2,(H,18,19);1-3,6H,4H2,(H,11,12);1-4H,8H2. The lowest BCUT2D eigenvalue weighted by atomic mass is 10.1. The predicted octanol–water partition coefficient (Wildman–Crippen LogP) is 7.25. The number of nitrogens with zero attached hydrogens (tertiary/aromatic N) is 2. The Hall–Kier alpha value is -4.44. The molecule has 0 heterocycles. The highest BCUT2D eigenvalue weighted by Gasteiger charge is 2.06. The van der Waals surface area contributed by atoms with Gasteiger partial charge in [-0.25, -0.2) is 4.79 Å². The summed E-state index contributed by atoms with van der Waals surface area (Å²) in [6.45, 7) is 0. The number of hydrogen-bond acceptors (Lipinski definition) is 5. The summed E-state index contributed by atoms with van der Waals surface area (Å²) in [6.07, 6.45) is 0.556. The minimum Gasteiger partial charge on any atom is -0.478 e. The van der Waals surface area contributed by atoms with Gasteiger partial charge in [0.05, 0.1) is 30.5 Å². The summed E-state index contributed by atoms with van der Waals surface area (Å²) in [5.41, 5.74) is 9.29. The highest BCUT2D eigenvalue weighted by molar-refractivity contribution is 9.10. The van der Waals surface area contributed by atoms with Gasteiger partial charge in [0, 0.05) is 25.9 Å². The molecule has 7 nitrogen and oxygen atoms in total. The second kappa shape index (κ2) is 16.4. The lowest BCUT2D eigenvalue weighted by Crippen LogP contribution is -2.11. The summed E-state index contributed by atoms with van der Waals surface area (Å²) in [6, 6.07) is 32.4. The first-order chi connectivity index (χ1) is 18.7. The summed E-state index contributed by atoms with van der Waals surface area (Å²) in [7, 11) is 0. The summed E-state index contributed by atoms with van der Waals surface area (Å²) < 4.78 is 2.02. The zero-order valence-electron chi connectivity index (χ0n) is 20.6. The fraction of sp³-hybridized carbons (Fsp3) is 0.0667. The highest BCUT2D eigenvalue weighted by Crippen LogP contribution is 2.16. The van der Waals surface area contributed by atoms with E-state index in [2.05, 4.69) is 43.2 Å². The second-order valence-electron chi connectivity index (χ2n) is 7.89. The lowest BCUT2D eigenvalue weighted by molar-refractivity contribution is 0.0696. The van der Waals surface area contributed by atoms with Crippen molar-refractivity contribution in [1.82, 2.24) is 0 Å².